The average Bonchev–Trinajstić information content (AvgIpc) is 2.36. The van der Waals surface area contributed by atoms with E-state index in [9.17, 15) is 9.59 Å². The maximum absolute atomic E-state index is 11.0. The Bertz CT molecular complexity index is 182. The Kier molecular flexibility index (Phi) is 5.13. The lowest BCUT2D eigenvalue weighted by atomic mass is 10.1. The number of imide groups is 1. The van der Waals surface area contributed by atoms with E-state index in [2.05, 4.69) is 15.9 Å². The summed E-state index contributed by atoms with van der Waals surface area (Å²) in [5.41, 5.74) is 0. The first-order valence-electron chi connectivity index (χ1n) is 4.03. The molecular formula is C8H14BrNO2. The number of amides is 2. The predicted molar refractivity (Wildman–Crippen MR) is 51.0 cm³/mol. The van der Waals surface area contributed by atoms with Crippen molar-refractivity contribution < 1.29 is 9.59 Å². The van der Waals surface area contributed by atoms with E-state index >= 15 is 0 Å². The number of carbonyl (C=O) groups excluding carboxylic acids is 2. The van der Waals surface area contributed by atoms with Gasteiger partial charge in [-0.1, -0.05) is 29.8 Å². The van der Waals surface area contributed by atoms with Crippen LogP contribution in [0.15, 0.2) is 0 Å². The molecule has 1 aliphatic rings. The van der Waals surface area contributed by atoms with Gasteiger partial charge in [0.15, 0.2) is 0 Å². The summed E-state index contributed by atoms with van der Waals surface area (Å²) in [5.74, 6) is -0.270. The Morgan fingerprint density at radius 1 is 1.50 bits per heavy atom. The fourth-order valence-corrected chi connectivity index (χ4v) is 1.46. The molecule has 0 aromatic heterocycles. The van der Waals surface area contributed by atoms with Crippen LogP contribution in [0.4, 0.5) is 0 Å². The molecule has 0 bridgehead atoms. The first kappa shape index (κ1) is 11.6. The number of carbonyl (C=O) groups is 2. The first-order chi connectivity index (χ1) is 5.66. The monoisotopic (exact) mass is 235 g/mol. The number of halogens is 1. The highest BCUT2D eigenvalue weighted by Crippen LogP contribution is 2.19. The number of nitrogens with zero attached hydrogens (tertiary/aromatic N) is 1. The quantitative estimate of drug-likeness (QED) is 0.510. The van der Waals surface area contributed by atoms with Gasteiger partial charge in [0.05, 0.1) is 5.92 Å². The van der Waals surface area contributed by atoms with Gasteiger partial charge >= 0.3 is 0 Å². The fourth-order valence-electron chi connectivity index (χ4n) is 0.952. The third-order valence-electron chi connectivity index (χ3n) is 1.66. The summed E-state index contributed by atoms with van der Waals surface area (Å²) < 4.78 is 0. The van der Waals surface area contributed by atoms with Gasteiger partial charge in [-0.3, -0.25) is 14.5 Å². The Morgan fingerprint density at radius 3 is 2.17 bits per heavy atom. The summed E-state index contributed by atoms with van der Waals surface area (Å²) in [6, 6.07) is 0. The molecule has 1 fully saturated rings. The molecule has 0 spiro atoms. The molecular weight excluding hydrogens is 222 g/mol. The highest BCUT2D eigenvalue weighted by molar-refractivity contribution is 9.09. The summed E-state index contributed by atoms with van der Waals surface area (Å²) in [6.45, 7) is 4.00. The van der Waals surface area contributed by atoms with Crippen molar-refractivity contribution in [3.8, 4) is 0 Å². The molecule has 1 atom stereocenters. The SMILES string of the molecule is CC.CN1C(=O)CC(CBr)C1=O. The zero-order valence-electron chi connectivity index (χ0n) is 7.63. The molecule has 1 unspecified atom stereocenters. The summed E-state index contributed by atoms with van der Waals surface area (Å²) >= 11 is 3.17. The number of hydrogen-bond acceptors (Lipinski definition) is 2. The second-order valence-corrected chi connectivity index (χ2v) is 2.99. The molecule has 1 heterocycles. The molecule has 0 aromatic carbocycles. The molecule has 4 heteroatoms. The van der Waals surface area contributed by atoms with Crippen LogP contribution in [0, 0.1) is 5.92 Å². The summed E-state index contributed by atoms with van der Waals surface area (Å²) in [7, 11) is 1.52. The minimum absolute atomic E-state index is 0.0677. The maximum atomic E-state index is 11.0. The molecule has 12 heavy (non-hydrogen) atoms. The van der Waals surface area contributed by atoms with E-state index in [4.69, 9.17) is 0 Å². The predicted octanol–water partition coefficient (Wildman–Crippen LogP) is 1.41. The summed E-state index contributed by atoms with van der Waals surface area (Å²) in [4.78, 5) is 23.0. The van der Waals surface area contributed by atoms with Gasteiger partial charge in [-0.2, -0.15) is 0 Å². The largest absolute Gasteiger partial charge is 0.285 e. The number of alkyl halides is 1. The Balaban J connectivity index is 0.000000561. The molecule has 0 aromatic rings. The number of rotatable bonds is 1. The van der Waals surface area contributed by atoms with Crippen molar-refractivity contribution in [1.29, 1.82) is 0 Å². The topological polar surface area (TPSA) is 37.4 Å². The average molecular weight is 236 g/mol. The van der Waals surface area contributed by atoms with Gasteiger partial charge in [-0.05, 0) is 0 Å². The van der Waals surface area contributed by atoms with Gasteiger partial charge in [-0.25, -0.2) is 0 Å². The minimum atomic E-state index is -0.127. The van der Waals surface area contributed by atoms with E-state index in [1.54, 1.807) is 0 Å². The van der Waals surface area contributed by atoms with Gasteiger partial charge in [-0.15, -0.1) is 0 Å². The van der Waals surface area contributed by atoms with E-state index in [0.29, 0.717) is 11.8 Å². The van der Waals surface area contributed by atoms with Gasteiger partial charge in [0, 0.05) is 18.8 Å². The van der Waals surface area contributed by atoms with E-state index in [0.717, 1.165) is 0 Å². The first-order valence-corrected chi connectivity index (χ1v) is 5.15. The Morgan fingerprint density at radius 2 is 2.00 bits per heavy atom. The zero-order chi connectivity index (χ0) is 9.72. The highest BCUT2D eigenvalue weighted by Gasteiger charge is 2.34. The van der Waals surface area contributed by atoms with Crippen molar-refractivity contribution in [3.05, 3.63) is 0 Å². The molecule has 1 rings (SSSR count). The van der Waals surface area contributed by atoms with E-state index in [1.165, 1.54) is 11.9 Å². The number of hydrogen-bond donors (Lipinski definition) is 0. The van der Waals surface area contributed by atoms with Gasteiger partial charge < -0.3 is 0 Å². The van der Waals surface area contributed by atoms with Crippen molar-refractivity contribution in [2.45, 2.75) is 20.3 Å². The molecule has 70 valence electrons. The van der Waals surface area contributed by atoms with E-state index < -0.39 is 0 Å². The second kappa shape index (κ2) is 5.30. The van der Waals surface area contributed by atoms with Crippen LogP contribution >= 0.6 is 15.9 Å². The van der Waals surface area contributed by atoms with Gasteiger partial charge in [0.1, 0.15) is 0 Å². The third-order valence-corrected chi connectivity index (χ3v) is 2.44. The third kappa shape index (κ3) is 2.30. The Hall–Kier alpha value is -0.380. The van der Waals surface area contributed by atoms with E-state index in [1.807, 2.05) is 13.8 Å². The van der Waals surface area contributed by atoms with Crippen LogP contribution in [0.5, 0.6) is 0 Å². The smallest absolute Gasteiger partial charge is 0.233 e. The van der Waals surface area contributed by atoms with Crippen molar-refractivity contribution in [3.63, 3.8) is 0 Å². The standard InChI is InChI=1S/C6H8BrNO2.C2H6/c1-8-5(9)2-4(3-7)6(8)10;1-2/h4H,2-3H2,1H3;1-2H3. The van der Waals surface area contributed by atoms with Gasteiger partial charge in [0.25, 0.3) is 0 Å². The van der Waals surface area contributed by atoms with Crippen LogP contribution < -0.4 is 0 Å². The fraction of sp³-hybridized carbons (Fsp3) is 0.750. The maximum Gasteiger partial charge on any atom is 0.233 e. The van der Waals surface area contributed by atoms with Crippen LogP contribution in [-0.4, -0.2) is 29.1 Å². The van der Waals surface area contributed by atoms with Crippen molar-refractivity contribution in [1.82, 2.24) is 4.90 Å². The van der Waals surface area contributed by atoms with Crippen LogP contribution in [0.25, 0.3) is 0 Å². The lowest BCUT2D eigenvalue weighted by molar-refractivity contribution is -0.137. The van der Waals surface area contributed by atoms with Crippen molar-refractivity contribution in [2.24, 2.45) is 5.92 Å². The lowest BCUT2D eigenvalue weighted by Crippen LogP contribution is -2.26. The Labute approximate surface area is 81.2 Å². The van der Waals surface area contributed by atoms with Crippen molar-refractivity contribution >= 4 is 27.7 Å². The minimum Gasteiger partial charge on any atom is -0.285 e. The molecule has 3 nitrogen and oxygen atoms in total. The highest BCUT2D eigenvalue weighted by atomic mass is 79.9. The van der Waals surface area contributed by atoms with Crippen LogP contribution in [0.1, 0.15) is 20.3 Å². The molecule has 0 radical (unpaired) electrons. The van der Waals surface area contributed by atoms with Crippen LogP contribution in [0.3, 0.4) is 0 Å². The van der Waals surface area contributed by atoms with Crippen molar-refractivity contribution in [2.75, 3.05) is 12.4 Å². The molecule has 1 saturated heterocycles. The summed E-state index contributed by atoms with van der Waals surface area (Å²) in [5, 5.41) is 0.585. The zero-order valence-corrected chi connectivity index (χ0v) is 9.22. The van der Waals surface area contributed by atoms with Crippen LogP contribution in [-0.2, 0) is 9.59 Å². The lowest BCUT2D eigenvalue weighted by Gasteiger charge is -2.04. The number of likely N-dealkylation sites (tertiary alicyclic amines) is 1. The van der Waals surface area contributed by atoms with Crippen LogP contribution in [0.2, 0.25) is 0 Å². The molecule has 1 aliphatic heterocycles. The van der Waals surface area contributed by atoms with E-state index in [-0.39, 0.29) is 17.7 Å². The molecule has 0 aliphatic carbocycles. The molecule has 0 N–H and O–H groups in total. The second-order valence-electron chi connectivity index (χ2n) is 2.35. The molecule has 2 amide bonds. The molecule has 0 saturated carbocycles. The van der Waals surface area contributed by atoms with Gasteiger partial charge in [0.2, 0.25) is 11.8 Å². The normalized spacial score (nSPS) is 22.3. The summed E-state index contributed by atoms with van der Waals surface area (Å²) in [6.07, 6.45) is 0.362.